The molecule has 3 rings (SSSR count). The van der Waals surface area contributed by atoms with Gasteiger partial charge in [0.05, 0.1) is 18.9 Å². The molecule has 0 unspecified atom stereocenters. The second kappa shape index (κ2) is 9.33. The molecule has 1 heterocycles. The van der Waals surface area contributed by atoms with E-state index in [4.69, 9.17) is 9.15 Å². The summed E-state index contributed by atoms with van der Waals surface area (Å²) in [4.78, 5) is 34.8. The number of anilines is 1. The third kappa shape index (κ3) is 5.20. The number of hydrogen-bond donors (Lipinski definition) is 2. The summed E-state index contributed by atoms with van der Waals surface area (Å²) in [5.74, 6) is -0.0558. The van der Waals surface area contributed by atoms with Crippen LogP contribution in [-0.2, 0) is 9.53 Å². The van der Waals surface area contributed by atoms with Gasteiger partial charge in [-0.1, -0.05) is 12.1 Å². The molecule has 0 aliphatic rings. The standard InChI is InChI=1S/C22H19N3O5/c1-14(26)24-18-8-6-15(7-9-18)21(27)25-23-13-19-10-11-20(30-19)16-4-3-5-17(12-16)22(28)29-2/h3-13H,1-2H3,(H,24,26)(H,25,27)/b23-13-. The topological polar surface area (TPSA) is 110 Å². The molecule has 0 bridgehead atoms. The maximum absolute atomic E-state index is 12.1. The van der Waals surface area contributed by atoms with Crippen LogP contribution in [0.3, 0.4) is 0 Å². The minimum absolute atomic E-state index is 0.188. The second-order valence-corrected chi connectivity index (χ2v) is 6.23. The highest BCUT2D eigenvalue weighted by atomic mass is 16.5. The molecule has 0 atom stereocenters. The molecule has 0 spiro atoms. The average molecular weight is 405 g/mol. The zero-order valence-electron chi connectivity index (χ0n) is 16.3. The Balaban J connectivity index is 1.62. The van der Waals surface area contributed by atoms with Crippen LogP contribution < -0.4 is 10.7 Å². The lowest BCUT2D eigenvalue weighted by Gasteiger charge is -2.03. The third-order valence-corrected chi connectivity index (χ3v) is 4.02. The van der Waals surface area contributed by atoms with Gasteiger partial charge < -0.3 is 14.5 Å². The first kappa shape index (κ1) is 20.5. The van der Waals surface area contributed by atoms with E-state index in [1.807, 2.05) is 0 Å². The summed E-state index contributed by atoms with van der Waals surface area (Å²) in [7, 11) is 1.32. The number of furan rings is 1. The van der Waals surface area contributed by atoms with Crippen molar-refractivity contribution in [2.24, 2.45) is 5.10 Å². The monoisotopic (exact) mass is 405 g/mol. The number of nitrogens with zero attached hydrogens (tertiary/aromatic N) is 1. The largest absolute Gasteiger partial charge is 0.465 e. The molecule has 0 fully saturated rings. The van der Waals surface area contributed by atoms with Crippen LogP contribution in [0.25, 0.3) is 11.3 Å². The number of benzene rings is 2. The second-order valence-electron chi connectivity index (χ2n) is 6.23. The van der Waals surface area contributed by atoms with Gasteiger partial charge in [-0.15, -0.1) is 0 Å². The maximum atomic E-state index is 12.1. The summed E-state index contributed by atoms with van der Waals surface area (Å²) in [5.41, 5.74) is 4.52. The molecule has 0 radical (unpaired) electrons. The number of ether oxygens (including phenoxy) is 1. The van der Waals surface area contributed by atoms with Crippen molar-refractivity contribution < 1.29 is 23.5 Å². The first-order valence-electron chi connectivity index (χ1n) is 8.96. The van der Waals surface area contributed by atoms with Crippen molar-refractivity contribution >= 4 is 29.7 Å². The minimum atomic E-state index is -0.432. The quantitative estimate of drug-likeness (QED) is 0.371. The van der Waals surface area contributed by atoms with Gasteiger partial charge in [0.1, 0.15) is 11.5 Å². The van der Waals surface area contributed by atoms with Crippen molar-refractivity contribution in [2.45, 2.75) is 6.92 Å². The third-order valence-electron chi connectivity index (χ3n) is 4.02. The van der Waals surface area contributed by atoms with E-state index in [-0.39, 0.29) is 5.91 Å². The van der Waals surface area contributed by atoms with Crippen LogP contribution >= 0.6 is 0 Å². The van der Waals surface area contributed by atoms with Crippen molar-refractivity contribution in [3.8, 4) is 11.3 Å². The molecule has 3 aromatic rings. The van der Waals surface area contributed by atoms with Crippen LogP contribution in [0, 0.1) is 0 Å². The summed E-state index contributed by atoms with van der Waals surface area (Å²) in [6, 6.07) is 16.7. The van der Waals surface area contributed by atoms with E-state index in [1.54, 1.807) is 60.7 Å². The van der Waals surface area contributed by atoms with Crippen molar-refractivity contribution in [3.05, 3.63) is 77.6 Å². The summed E-state index contributed by atoms with van der Waals surface area (Å²) in [6.45, 7) is 1.41. The lowest BCUT2D eigenvalue weighted by atomic mass is 10.1. The number of methoxy groups -OCH3 is 1. The summed E-state index contributed by atoms with van der Waals surface area (Å²) in [6.07, 6.45) is 1.37. The van der Waals surface area contributed by atoms with Crippen LogP contribution in [0.4, 0.5) is 5.69 Å². The molecular formula is C22H19N3O5. The summed E-state index contributed by atoms with van der Waals surface area (Å²) in [5, 5.41) is 6.52. The molecule has 0 aliphatic carbocycles. The Kier molecular flexibility index (Phi) is 6.39. The van der Waals surface area contributed by atoms with Crippen LogP contribution in [0.1, 0.15) is 33.4 Å². The van der Waals surface area contributed by atoms with E-state index >= 15 is 0 Å². The number of carbonyl (C=O) groups is 3. The van der Waals surface area contributed by atoms with Crippen molar-refractivity contribution in [1.82, 2.24) is 5.43 Å². The van der Waals surface area contributed by atoms with E-state index in [1.165, 1.54) is 20.2 Å². The average Bonchev–Trinajstić information content (AvgIpc) is 3.22. The molecule has 30 heavy (non-hydrogen) atoms. The van der Waals surface area contributed by atoms with Gasteiger partial charge in [-0.3, -0.25) is 9.59 Å². The zero-order valence-corrected chi connectivity index (χ0v) is 16.3. The van der Waals surface area contributed by atoms with Crippen molar-refractivity contribution in [1.29, 1.82) is 0 Å². The smallest absolute Gasteiger partial charge is 0.337 e. The summed E-state index contributed by atoms with van der Waals surface area (Å²) < 4.78 is 10.4. The molecule has 0 saturated carbocycles. The number of hydrogen-bond acceptors (Lipinski definition) is 6. The molecule has 8 heteroatoms. The molecule has 0 saturated heterocycles. The molecule has 1 aromatic heterocycles. The fourth-order valence-corrected chi connectivity index (χ4v) is 2.62. The lowest BCUT2D eigenvalue weighted by molar-refractivity contribution is -0.114. The normalized spacial score (nSPS) is 10.6. The molecule has 2 amide bonds. The van der Waals surface area contributed by atoms with E-state index < -0.39 is 11.9 Å². The number of rotatable bonds is 6. The number of hydrazone groups is 1. The highest BCUT2D eigenvalue weighted by molar-refractivity contribution is 5.96. The number of carbonyl (C=O) groups excluding carboxylic acids is 3. The first-order valence-corrected chi connectivity index (χ1v) is 8.96. The molecule has 152 valence electrons. The molecule has 2 aromatic carbocycles. The summed E-state index contributed by atoms with van der Waals surface area (Å²) >= 11 is 0. The maximum Gasteiger partial charge on any atom is 0.337 e. The van der Waals surface area contributed by atoms with Crippen LogP contribution in [-0.4, -0.2) is 31.1 Å². The minimum Gasteiger partial charge on any atom is -0.465 e. The Morgan fingerprint density at radius 1 is 1.00 bits per heavy atom. The lowest BCUT2D eigenvalue weighted by Crippen LogP contribution is -2.17. The number of amides is 2. The predicted octanol–water partition coefficient (Wildman–Crippen LogP) is 3.46. The highest BCUT2D eigenvalue weighted by Gasteiger charge is 2.09. The Bertz CT molecular complexity index is 1100. The van der Waals surface area contributed by atoms with Gasteiger partial charge in [0, 0.05) is 23.7 Å². The fraction of sp³-hybridized carbons (Fsp3) is 0.0909. The van der Waals surface area contributed by atoms with Crippen molar-refractivity contribution in [2.75, 3.05) is 12.4 Å². The molecule has 2 N–H and O–H groups in total. The molecule has 8 nitrogen and oxygen atoms in total. The number of nitrogens with one attached hydrogen (secondary N) is 2. The van der Waals surface area contributed by atoms with E-state index in [0.29, 0.717) is 33.9 Å². The van der Waals surface area contributed by atoms with Crippen LogP contribution in [0.15, 0.2) is 70.2 Å². The van der Waals surface area contributed by atoms with Gasteiger partial charge in [0.2, 0.25) is 5.91 Å². The van der Waals surface area contributed by atoms with Gasteiger partial charge in [0.25, 0.3) is 5.91 Å². The van der Waals surface area contributed by atoms with Gasteiger partial charge in [-0.05, 0) is 48.5 Å². The SMILES string of the molecule is COC(=O)c1cccc(-c2ccc(/C=N\NC(=O)c3ccc(NC(C)=O)cc3)o2)c1. The van der Waals surface area contributed by atoms with E-state index in [9.17, 15) is 14.4 Å². The van der Waals surface area contributed by atoms with Crippen LogP contribution in [0.2, 0.25) is 0 Å². The van der Waals surface area contributed by atoms with E-state index in [2.05, 4.69) is 15.8 Å². The number of esters is 1. The Morgan fingerprint density at radius 2 is 1.77 bits per heavy atom. The van der Waals surface area contributed by atoms with Gasteiger partial charge in [-0.2, -0.15) is 5.10 Å². The Hall–Kier alpha value is -4.20. The first-order chi connectivity index (χ1) is 14.5. The molecule has 0 aliphatic heterocycles. The molecular weight excluding hydrogens is 386 g/mol. The highest BCUT2D eigenvalue weighted by Crippen LogP contribution is 2.23. The Morgan fingerprint density at radius 3 is 2.47 bits per heavy atom. The zero-order chi connectivity index (χ0) is 21.5. The van der Waals surface area contributed by atoms with Crippen LogP contribution in [0.5, 0.6) is 0 Å². The predicted molar refractivity (Wildman–Crippen MR) is 111 cm³/mol. The van der Waals surface area contributed by atoms with E-state index in [0.717, 1.165) is 0 Å². The van der Waals surface area contributed by atoms with Gasteiger partial charge in [-0.25, -0.2) is 10.2 Å². The van der Waals surface area contributed by atoms with Gasteiger partial charge in [0.15, 0.2) is 0 Å². The van der Waals surface area contributed by atoms with Crippen molar-refractivity contribution in [3.63, 3.8) is 0 Å². The van der Waals surface area contributed by atoms with Gasteiger partial charge >= 0.3 is 5.97 Å². The fourth-order valence-electron chi connectivity index (χ4n) is 2.62. The Labute approximate surface area is 172 Å².